The quantitative estimate of drug-likeness (QED) is 0.628. The fourth-order valence-corrected chi connectivity index (χ4v) is 2.61. The zero-order valence-electron chi connectivity index (χ0n) is 8.73. The molecule has 1 heterocycles. The fraction of sp³-hybridized carbons (Fsp3) is 0.273. The van der Waals surface area contributed by atoms with Crippen molar-refractivity contribution < 1.29 is 4.68 Å². The van der Waals surface area contributed by atoms with E-state index in [1.807, 2.05) is 18.2 Å². The minimum absolute atomic E-state index is 0.475. The molecule has 0 saturated carbocycles. The summed E-state index contributed by atoms with van der Waals surface area (Å²) in [6.45, 7) is 4.35. The van der Waals surface area contributed by atoms with Gasteiger partial charge < -0.3 is 0 Å². The molecular weight excluding hydrogens is 224 g/mol. The van der Waals surface area contributed by atoms with E-state index in [2.05, 4.69) is 35.8 Å². The Morgan fingerprint density at radius 3 is 2.53 bits per heavy atom. The number of aromatic amines is 1. The van der Waals surface area contributed by atoms with Crippen molar-refractivity contribution in [3.63, 3.8) is 0 Å². The highest BCUT2D eigenvalue weighted by atomic mass is 32.1. The zero-order chi connectivity index (χ0) is 10.8. The molecule has 2 nitrogen and oxygen atoms in total. The van der Waals surface area contributed by atoms with E-state index in [1.54, 1.807) is 11.3 Å². The Balaban J connectivity index is 2.58. The lowest BCUT2D eigenvalue weighted by molar-refractivity contribution is -0.662. The number of benzene rings is 1. The molecule has 1 aromatic carbocycles. The topological polar surface area (TPSA) is 19.7 Å². The summed E-state index contributed by atoms with van der Waals surface area (Å²) >= 11 is 6.82. The fourth-order valence-electron chi connectivity index (χ4n) is 1.45. The summed E-state index contributed by atoms with van der Waals surface area (Å²) in [4.78, 5) is 0. The van der Waals surface area contributed by atoms with Crippen LogP contribution >= 0.6 is 23.6 Å². The van der Waals surface area contributed by atoms with Crippen LogP contribution in [0.3, 0.4) is 0 Å². The number of nitrogens with one attached hydrogen (secondary N) is 1. The van der Waals surface area contributed by atoms with E-state index in [9.17, 15) is 0 Å². The van der Waals surface area contributed by atoms with Gasteiger partial charge in [0.2, 0.25) is 9.64 Å². The highest BCUT2D eigenvalue weighted by Crippen LogP contribution is 2.16. The second-order valence-electron chi connectivity index (χ2n) is 3.67. The van der Waals surface area contributed by atoms with E-state index in [0.717, 1.165) is 9.64 Å². The number of H-pyrrole nitrogens is 1. The lowest BCUT2D eigenvalue weighted by Gasteiger charge is -1.97. The lowest BCUT2D eigenvalue weighted by atomic mass is 10.2. The van der Waals surface area contributed by atoms with Gasteiger partial charge in [-0.05, 0) is 23.6 Å². The Hall–Kier alpha value is -1.00. The van der Waals surface area contributed by atoms with Gasteiger partial charge in [-0.1, -0.05) is 36.7 Å². The second-order valence-corrected chi connectivity index (χ2v) is 5.36. The molecule has 0 spiro atoms. The van der Waals surface area contributed by atoms with Crippen molar-refractivity contribution in [3.05, 3.63) is 39.3 Å². The summed E-state index contributed by atoms with van der Waals surface area (Å²) in [6, 6.07) is 10.2. The molecule has 0 aliphatic carbocycles. The van der Waals surface area contributed by atoms with Crippen LogP contribution < -0.4 is 4.68 Å². The number of hydrogen-bond acceptors (Lipinski definition) is 2. The van der Waals surface area contributed by atoms with E-state index < -0.39 is 0 Å². The molecule has 4 heteroatoms. The van der Waals surface area contributed by atoms with Crippen molar-refractivity contribution in [2.24, 2.45) is 0 Å². The van der Waals surface area contributed by atoms with Crippen molar-refractivity contribution in [1.82, 2.24) is 5.10 Å². The molecule has 2 rings (SSSR count). The molecule has 0 bridgehead atoms. The first-order valence-corrected chi connectivity index (χ1v) is 6.11. The van der Waals surface area contributed by atoms with Crippen molar-refractivity contribution in [2.45, 2.75) is 19.8 Å². The number of para-hydroxylation sites is 1. The van der Waals surface area contributed by atoms with Gasteiger partial charge in [0.1, 0.15) is 0 Å². The van der Waals surface area contributed by atoms with E-state index >= 15 is 0 Å². The maximum absolute atomic E-state index is 5.18. The smallest absolute Gasteiger partial charge is 0.138 e. The first-order chi connectivity index (χ1) is 7.18. The molecule has 1 N–H and O–H groups in total. The van der Waals surface area contributed by atoms with Gasteiger partial charge in [-0.25, -0.2) is 0 Å². The minimum atomic E-state index is 0.475. The molecule has 0 radical (unpaired) electrons. The van der Waals surface area contributed by atoms with E-state index in [1.165, 1.54) is 5.01 Å². The third-order valence-corrected chi connectivity index (χ3v) is 3.61. The predicted molar refractivity (Wildman–Crippen MR) is 65.1 cm³/mol. The molecule has 78 valence electrons. The molecule has 0 aliphatic heterocycles. The average molecular weight is 237 g/mol. The lowest BCUT2D eigenvalue weighted by Crippen LogP contribution is -2.36. The molecule has 15 heavy (non-hydrogen) atoms. The molecule has 2 aromatic rings. The molecule has 0 unspecified atom stereocenters. The number of rotatable bonds is 2. The van der Waals surface area contributed by atoms with Gasteiger partial charge in [0.15, 0.2) is 0 Å². The molecule has 0 aliphatic rings. The Morgan fingerprint density at radius 1 is 1.27 bits per heavy atom. The van der Waals surface area contributed by atoms with Gasteiger partial charge in [-0.2, -0.15) is 0 Å². The second kappa shape index (κ2) is 4.24. The van der Waals surface area contributed by atoms with Gasteiger partial charge >= 0.3 is 0 Å². The Labute approximate surface area is 98.2 Å². The normalized spacial score (nSPS) is 10.9. The number of hydrogen-bond donors (Lipinski definition) is 1. The zero-order valence-corrected chi connectivity index (χ0v) is 10.4. The Kier molecular flexibility index (Phi) is 2.98. The summed E-state index contributed by atoms with van der Waals surface area (Å²) in [5, 5.41) is 4.45. The highest BCUT2D eigenvalue weighted by molar-refractivity contribution is 7.73. The Morgan fingerprint density at radius 2 is 1.93 bits per heavy atom. The van der Waals surface area contributed by atoms with Crippen LogP contribution in [-0.2, 0) is 0 Å². The number of nitrogens with zero attached hydrogens (tertiary/aromatic N) is 1. The van der Waals surface area contributed by atoms with E-state index in [-0.39, 0.29) is 0 Å². The van der Waals surface area contributed by atoms with Gasteiger partial charge in [-0.15, -0.1) is 5.10 Å². The third kappa shape index (κ3) is 2.16. The van der Waals surface area contributed by atoms with Crippen LogP contribution in [0.1, 0.15) is 24.8 Å². The molecular formula is C11H13N2S2+. The highest BCUT2D eigenvalue weighted by Gasteiger charge is 2.20. The van der Waals surface area contributed by atoms with Gasteiger partial charge in [0.05, 0.1) is 5.92 Å². The third-order valence-electron chi connectivity index (χ3n) is 2.13. The standard InChI is InChI=1S/C11H12N2S2/c1-8(2)10-13(12-11(14)15-10)9-6-4-3-5-7-9/h3-8H,1-2H3/p+1. The van der Waals surface area contributed by atoms with Crippen molar-refractivity contribution in [1.29, 1.82) is 0 Å². The van der Waals surface area contributed by atoms with Crippen LogP contribution in [0.5, 0.6) is 0 Å². The minimum Gasteiger partial charge on any atom is -0.138 e. The first kappa shape index (κ1) is 10.5. The van der Waals surface area contributed by atoms with Crippen LogP contribution in [0.15, 0.2) is 30.3 Å². The van der Waals surface area contributed by atoms with Crippen molar-refractivity contribution in [2.75, 3.05) is 0 Å². The van der Waals surface area contributed by atoms with E-state index in [0.29, 0.717) is 5.92 Å². The van der Waals surface area contributed by atoms with Gasteiger partial charge in [0, 0.05) is 12.1 Å². The van der Waals surface area contributed by atoms with E-state index in [4.69, 9.17) is 12.2 Å². The summed E-state index contributed by atoms with van der Waals surface area (Å²) in [6.07, 6.45) is 0. The monoisotopic (exact) mass is 237 g/mol. The summed E-state index contributed by atoms with van der Waals surface area (Å²) < 4.78 is 2.89. The molecule has 1 aromatic heterocycles. The largest absolute Gasteiger partial charge is 0.272 e. The maximum atomic E-state index is 5.18. The average Bonchev–Trinajstić information content (AvgIpc) is 2.62. The van der Waals surface area contributed by atoms with Gasteiger partial charge in [0.25, 0.3) is 5.01 Å². The van der Waals surface area contributed by atoms with Gasteiger partial charge in [-0.3, -0.25) is 0 Å². The molecule has 0 fully saturated rings. The van der Waals surface area contributed by atoms with Crippen LogP contribution in [0.4, 0.5) is 0 Å². The maximum Gasteiger partial charge on any atom is 0.272 e. The number of aromatic nitrogens is 2. The summed E-state index contributed by atoms with van der Waals surface area (Å²) in [5.74, 6) is 0.475. The van der Waals surface area contributed by atoms with Crippen molar-refractivity contribution >= 4 is 23.6 Å². The van der Waals surface area contributed by atoms with Crippen LogP contribution in [-0.4, -0.2) is 5.10 Å². The van der Waals surface area contributed by atoms with Crippen LogP contribution in [0.2, 0.25) is 0 Å². The molecule has 0 atom stereocenters. The first-order valence-electron chi connectivity index (χ1n) is 4.89. The SMILES string of the molecule is CC(C)c1sc(=S)[nH][n+]1-c1ccccc1. The molecule has 0 saturated heterocycles. The van der Waals surface area contributed by atoms with Crippen LogP contribution in [0.25, 0.3) is 5.69 Å². The van der Waals surface area contributed by atoms with Crippen LogP contribution in [0, 0.1) is 3.95 Å². The Bertz CT molecular complexity index is 497. The summed E-state index contributed by atoms with van der Waals surface area (Å²) in [7, 11) is 0. The predicted octanol–water partition coefficient (Wildman–Crippen LogP) is 3.21. The molecule has 0 amide bonds. The summed E-state index contributed by atoms with van der Waals surface area (Å²) in [5.41, 5.74) is 1.13. The van der Waals surface area contributed by atoms with Crippen molar-refractivity contribution in [3.8, 4) is 5.69 Å².